The monoisotopic (exact) mass is 199 g/mol. The van der Waals surface area contributed by atoms with Gasteiger partial charge in [0.1, 0.15) is 11.4 Å². The van der Waals surface area contributed by atoms with Crippen molar-refractivity contribution >= 4 is 45.4 Å². The van der Waals surface area contributed by atoms with E-state index in [0.29, 0.717) is 6.56 Å². The van der Waals surface area contributed by atoms with Crippen LogP contribution in [0, 0.1) is 0 Å². The molecule has 9 heavy (non-hydrogen) atoms. The van der Waals surface area contributed by atoms with E-state index in [0.717, 1.165) is 5.37 Å². The van der Waals surface area contributed by atoms with Crippen LogP contribution in [0.25, 0.3) is 0 Å². The normalized spacial score (nSPS) is 10.2. The summed E-state index contributed by atoms with van der Waals surface area (Å²) in [5.74, 6) is 0. The summed E-state index contributed by atoms with van der Waals surface area (Å²) < 4.78 is 19.6. The van der Waals surface area contributed by atoms with Gasteiger partial charge in [-0.1, -0.05) is 0 Å². The Morgan fingerprint density at radius 2 is 2.22 bits per heavy atom. The lowest BCUT2D eigenvalue weighted by atomic mass is 10.8. The van der Waals surface area contributed by atoms with Crippen molar-refractivity contribution in [2.45, 2.75) is 0 Å². The third-order valence-corrected chi connectivity index (χ3v) is 2.72. The molecule has 0 aliphatic carbocycles. The van der Waals surface area contributed by atoms with Crippen LogP contribution < -0.4 is 0 Å². The molecule has 0 spiro atoms. The van der Waals surface area contributed by atoms with Crippen molar-refractivity contribution in [2.24, 2.45) is 0 Å². The zero-order valence-electron chi connectivity index (χ0n) is 4.27. The summed E-state index contributed by atoms with van der Waals surface area (Å²) in [5, 5.41) is 2.73. The second kappa shape index (κ2) is 6.42. The smallest absolute Gasteiger partial charge is 0.185 e. The van der Waals surface area contributed by atoms with Crippen molar-refractivity contribution in [3.05, 3.63) is 11.5 Å². The van der Waals surface area contributed by atoms with E-state index in [4.69, 9.17) is 0 Å². The van der Waals surface area contributed by atoms with Crippen molar-refractivity contribution < 1.29 is 8.42 Å². The minimum absolute atomic E-state index is 0.353. The quantitative estimate of drug-likeness (QED) is 0.385. The predicted molar refractivity (Wildman–Crippen MR) is 47.4 cm³/mol. The molecule has 0 aliphatic rings. The van der Waals surface area contributed by atoms with Crippen LogP contribution in [0.4, 0.5) is 0 Å². The van der Waals surface area contributed by atoms with E-state index < -0.39 is 10.3 Å². The lowest BCUT2D eigenvalue weighted by Gasteiger charge is -1.60. The van der Waals surface area contributed by atoms with Crippen LogP contribution in [0.1, 0.15) is 0 Å². The maximum absolute atomic E-state index is 9.82. The Morgan fingerprint density at radius 3 is 2.67 bits per heavy atom. The summed E-state index contributed by atoms with van der Waals surface area (Å²) in [6.45, 7) is 0.353. The molecule has 1 atom stereocenters. The van der Waals surface area contributed by atoms with Crippen molar-refractivity contribution in [1.82, 2.24) is 0 Å². The van der Waals surface area contributed by atoms with Crippen molar-refractivity contribution in [2.75, 3.05) is 0 Å². The van der Waals surface area contributed by atoms with Crippen LogP contribution in [0.2, 0.25) is 0 Å². The minimum Gasteiger partial charge on any atom is -0.185 e. The lowest BCUT2D eigenvalue weighted by molar-refractivity contribution is 0.627. The highest BCUT2D eigenvalue weighted by Gasteiger charge is 1.76. The average Bonchev–Trinajstić information content (AvgIpc) is 1.80. The molecule has 0 bridgehead atoms. The van der Waals surface area contributed by atoms with Crippen LogP contribution in [0.15, 0.2) is 11.5 Å². The van der Waals surface area contributed by atoms with Gasteiger partial charge in [-0.25, -0.2) is 0 Å². The summed E-state index contributed by atoms with van der Waals surface area (Å²) in [7, 11) is -2.08. The van der Waals surface area contributed by atoms with Gasteiger partial charge in [-0.15, -0.1) is 0 Å². The molecule has 50 valence electrons. The molecular weight excluding hydrogens is 195 g/mol. The summed E-state index contributed by atoms with van der Waals surface area (Å²) >= 11 is 6.01. The first-order chi connectivity index (χ1) is 4.27. The Balaban J connectivity index is 3.74. The molecule has 0 saturated carbocycles. The molecule has 0 saturated heterocycles. The fourth-order valence-electron chi connectivity index (χ4n) is 0.163. The predicted octanol–water partition coefficient (Wildman–Crippen LogP) is 0.970. The molecule has 0 aromatic carbocycles. The van der Waals surface area contributed by atoms with Crippen LogP contribution in [-0.4, -0.2) is 13.8 Å². The molecular formula is C3H4O2PS3+. The molecule has 0 heterocycles. The van der Waals surface area contributed by atoms with E-state index in [1.807, 2.05) is 0 Å². The molecule has 2 nitrogen and oxygen atoms in total. The number of hydrogen-bond donors (Lipinski definition) is 0. The van der Waals surface area contributed by atoms with Crippen molar-refractivity contribution in [3.63, 3.8) is 0 Å². The Bertz CT molecular complexity index is 219. The first-order valence-corrected chi connectivity index (χ1v) is 6.76. The number of rotatable bonds is 3. The van der Waals surface area contributed by atoms with Gasteiger partial charge in [-0.3, -0.25) is 0 Å². The highest BCUT2D eigenvalue weighted by atomic mass is 32.9. The summed E-state index contributed by atoms with van der Waals surface area (Å²) in [6, 6.07) is 0. The third kappa shape index (κ3) is 8.30. The number of allylic oxidation sites excluding steroid dienone is 1. The van der Waals surface area contributed by atoms with Crippen molar-refractivity contribution in [1.29, 1.82) is 0 Å². The van der Waals surface area contributed by atoms with E-state index in [2.05, 4.69) is 11.8 Å². The molecule has 0 rings (SSSR count). The Kier molecular flexibility index (Phi) is 6.63. The highest BCUT2D eigenvalue weighted by molar-refractivity contribution is 8.59. The molecule has 0 aliphatic heterocycles. The Hall–Kier alpha value is 0.300. The van der Waals surface area contributed by atoms with Crippen molar-refractivity contribution in [3.8, 4) is 0 Å². The molecule has 0 aromatic heterocycles. The lowest BCUT2D eigenvalue weighted by Crippen LogP contribution is -1.61. The first-order valence-electron chi connectivity index (χ1n) is 1.88. The topological polar surface area (TPSA) is 34.1 Å². The minimum atomic E-state index is -2.08. The standard InChI is InChI=1S/C3H3O2PS3/c4-9(5)3-1-2-8-6-7/h1-3H/p+1. The largest absolute Gasteiger partial charge is 0.235 e. The molecule has 0 fully saturated rings. The zero-order valence-corrected chi connectivity index (χ0v) is 7.72. The SMILES string of the molecule is O=S(=O)=CC=CS[PH+]=S. The Morgan fingerprint density at radius 1 is 1.56 bits per heavy atom. The molecule has 0 aromatic rings. The fourth-order valence-corrected chi connectivity index (χ4v) is 1.58. The second-order valence-corrected chi connectivity index (χ2v) is 5.10. The van der Waals surface area contributed by atoms with Gasteiger partial charge in [-0.05, 0) is 6.08 Å². The van der Waals surface area contributed by atoms with E-state index >= 15 is 0 Å². The molecule has 6 heteroatoms. The second-order valence-electron chi connectivity index (χ2n) is 0.926. The first kappa shape index (κ1) is 9.30. The van der Waals surface area contributed by atoms with Gasteiger partial charge in [0.15, 0.2) is 11.8 Å². The molecule has 1 unspecified atom stereocenters. The maximum Gasteiger partial charge on any atom is 0.235 e. The van der Waals surface area contributed by atoms with Gasteiger partial charge >= 0.3 is 0 Å². The summed E-state index contributed by atoms with van der Waals surface area (Å²) in [5.41, 5.74) is 0. The molecule has 0 radical (unpaired) electrons. The van der Waals surface area contributed by atoms with E-state index in [1.54, 1.807) is 5.41 Å². The zero-order chi connectivity index (χ0) is 7.11. The van der Waals surface area contributed by atoms with E-state index in [1.165, 1.54) is 17.5 Å². The fraction of sp³-hybridized carbons (Fsp3) is 0. The van der Waals surface area contributed by atoms with Gasteiger partial charge in [-0.2, -0.15) is 8.42 Å². The summed E-state index contributed by atoms with van der Waals surface area (Å²) in [6.07, 6.45) is 1.45. The van der Waals surface area contributed by atoms with Crippen LogP contribution in [0.3, 0.4) is 0 Å². The Labute approximate surface area is 65.5 Å². The van der Waals surface area contributed by atoms with Gasteiger partial charge in [0, 0.05) is 5.41 Å². The summed E-state index contributed by atoms with van der Waals surface area (Å²) in [4.78, 5) is 0. The van der Waals surface area contributed by atoms with Crippen LogP contribution >= 0.6 is 17.9 Å². The maximum atomic E-state index is 9.82. The van der Waals surface area contributed by atoms with Crippen LogP contribution in [0.5, 0.6) is 0 Å². The van der Waals surface area contributed by atoms with Gasteiger partial charge in [0.2, 0.25) is 16.9 Å². The van der Waals surface area contributed by atoms with Gasteiger partial charge < -0.3 is 0 Å². The van der Waals surface area contributed by atoms with Crippen LogP contribution in [-0.2, 0) is 22.1 Å². The molecule has 0 N–H and O–H groups in total. The number of hydrogen-bond acceptors (Lipinski definition) is 4. The van der Waals surface area contributed by atoms with E-state index in [-0.39, 0.29) is 0 Å². The average molecular weight is 199 g/mol. The van der Waals surface area contributed by atoms with E-state index in [9.17, 15) is 8.42 Å². The highest BCUT2D eigenvalue weighted by Crippen LogP contribution is 2.17. The third-order valence-electron chi connectivity index (χ3n) is 0.384. The van der Waals surface area contributed by atoms with Gasteiger partial charge in [0.25, 0.3) is 0 Å². The van der Waals surface area contributed by atoms with Gasteiger partial charge in [0.05, 0.1) is 5.37 Å². The molecule has 0 amide bonds.